The molecule has 3 aromatic heterocycles. The van der Waals surface area contributed by atoms with Crippen LogP contribution in [0.25, 0.3) is 5.65 Å². The van der Waals surface area contributed by atoms with Crippen molar-refractivity contribution in [2.45, 2.75) is 62.8 Å². The number of nitrogens with one attached hydrogen (secondary N) is 3. The zero-order valence-corrected chi connectivity index (χ0v) is 19.9. The van der Waals surface area contributed by atoms with Crippen molar-refractivity contribution in [3.05, 3.63) is 46.5 Å². The number of methoxy groups -OCH3 is 1. The standard InChI is InChI=1S/C24H31N7O4/c1-25-21-12-20(29-22-16(13-26-31(21)22)23(33)28-17-9-10-19(17)32)27-18-4-3-11-30(24(18)34)14-5-7-15(35-2)8-6-14/h3-4,11-15,17,19,25,32H,5-10H2,1-2H3,(H,27,29)(H,28,33)/t14-,15-,17?,19-/m0/s1. The van der Waals surface area contributed by atoms with Crippen molar-refractivity contribution in [2.75, 3.05) is 24.8 Å². The van der Waals surface area contributed by atoms with Crippen molar-refractivity contribution < 1.29 is 14.6 Å². The molecular formula is C24H31N7O4. The molecular weight excluding hydrogens is 450 g/mol. The van der Waals surface area contributed by atoms with Crippen LogP contribution >= 0.6 is 0 Å². The Hall–Kier alpha value is -3.44. The monoisotopic (exact) mass is 481 g/mol. The van der Waals surface area contributed by atoms with Gasteiger partial charge in [0.25, 0.3) is 11.5 Å². The van der Waals surface area contributed by atoms with Gasteiger partial charge in [0.2, 0.25) is 0 Å². The van der Waals surface area contributed by atoms with Crippen LogP contribution < -0.4 is 21.5 Å². The average Bonchev–Trinajstić information content (AvgIpc) is 3.31. The van der Waals surface area contributed by atoms with E-state index in [1.165, 1.54) is 10.7 Å². The van der Waals surface area contributed by atoms with Crippen molar-refractivity contribution in [2.24, 2.45) is 0 Å². The first kappa shape index (κ1) is 23.3. The first-order chi connectivity index (χ1) is 17.0. The number of pyridine rings is 1. The number of hydrogen-bond donors (Lipinski definition) is 4. The Balaban J connectivity index is 1.42. The largest absolute Gasteiger partial charge is 0.391 e. The van der Waals surface area contributed by atoms with Gasteiger partial charge in [-0.05, 0) is 50.7 Å². The fourth-order valence-corrected chi connectivity index (χ4v) is 4.85. The second-order valence-corrected chi connectivity index (χ2v) is 9.22. The summed E-state index contributed by atoms with van der Waals surface area (Å²) in [4.78, 5) is 30.7. The number of fused-ring (bicyclic) bond motifs is 1. The number of aromatic nitrogens is 4. The topological polar surface area (TPSA) is 135 Å². The maximum atomic E-state index is 13.3. The zero-order valence-electron chi connectivity index (χ0n) is 19.9. The smallest absolute Gasteiger partial charge is 0.274 e. The van der Waals surface area contributed by atoms with E-state index >= 15 is 0 Å². The summed E-state index contributed by atoms with van der Waals surface area (Å²) in [5.41, 5.74) is 0.930. The molecule has 11 heteroatoms. The Bertz CT molecular complexity index is 1280. The number of amides is 1. The second kappa shape index (κ2) is 9.67. The summed E-state index contributed by atoms with van der Waals surface area (Å²) in [5, 5.41) is 23.2. The molecule has 1 unspecified atom stereocenters. The number of aliphatic hydroxyl groups excluding tert-OH is 1. The Morgan fingerprint density at radius 1 is 1.20 bits per heavy atom. The molecule has 3 aromatic rings. The van der Waals surface area contributed by atoms with Crippen molar-refractivity contribution in [1.29, 1.82) is 0 Å². The summed E-state index contributed by atoms with van der Waals surface area (Å²) in [6.45, 7) is 0. The molecule has 5 rings (SSSR count). The van der Waals surface area contributed by atoms with Gasteiger partial charge in [0.05, 0.1) is 24.4 Å². The van der Waals surface area contributed by atoms with E-state index in [4.69, 9.17) is 4.74 Å². The van der Waals surface area contributed by atoms with Crippen LogP contribution in [0.3, 0.4) is 0 Å². The summed E-state index contributed by atoms with van der Waals surface area (Å²) in [6, 6.07) is 5.19. The van der Waals surface area contributed by atoms with Crippen LogP contribution in [0.4, 0.5) is 17.3 Å². The lowest BCUT2D eigenvalue weighted by molar-refractivity contribution is 0.0448. The third-order valence-electron chi connectivity index (χ3n) is 7.13. The van der Waals surface area contributed by atoms with Gasteiger partial charge >= 0.3 is 0 Å². The zero-order chi connectivity index (χ0) is 24.5. The van der Waals surface area contributed by atoms with Crippen molar-refractivity contribution in [3.63, 3.8) is 0 Å². The minimum Gasteiger partial charge on any atom is -0.391 e. The van der Waals surface area contributed by atoms with E-state index in [-0.39, 0.29) is 29.7 Å². The molecule has 2 aliphatic rings. The molecule has 186 valence electrons. The van der Waals surface area contributed by atoms with Gasteiger partial charge in [0, 0.05) is 32.5 Å². The van der Waals surface area contributed by atoms with Gasteiger partial charge in [-0.3, -0.25) is 9.59 Å². The lowest BCUT2D eigenvalue weighted by Gasteiger charge is -2.32. The van der Waals surface area contributed by atoms with Crippen molar-refractivity contribution >= 4 is 28.9 Å². The molecule has 2 saturated carbocycles. The van der Waals surface area contributed by atoms with Crippen LogP contribution in [0.5, 0.6) is 0 Å². The molecule has 1 amide bonds. The third kappa shape index (κ3) is 4.48. The Kier molecular flexibility index (Phi) is 6.44. The lowest BCUT2D eigenvalue weighted by atomic mass is 9.89. The van der Waals surface area contributed by atoms with Crippen LogP contribution in [-0.4, -0.2) is 62.6 Å². The van der Waals surface area contributed by atoms with Crippen molar-refractivity contribution in [3.8, 4) is 0 Å². The van der Waals surface area contributed by atoms with Crippen LogP contribution in [0.1, 0.15) is 54.9 Å². The molecule has 0 saturated heterocycles. The quantitative estimate of drug-likeness (QED) is 0.403. The van der Waals surface area contributed by atoms with E-state index in [2.05, 4.69) is 26.0 Å². The van der Waals surface area contributed by atoms with Crippen LogP contribution in [0.15, 0.2) is 35.4 Å². The summed E-state index contributed by atoms with van der Waals surface area (Å²) >= 11 is 0. The molecule has 0 spiro atoms. The maximum Gasteiger partial charge on any atom is 0.274 e. The highest BCUT2D eigenvalue weighted by atomic mass is 16.5. The Labute approximate surface area is 202 Å². The molecule has 2 aliphatic carbocycles. The molecule has 3 heterocycles. The van der Waals surface area contributed by atoms with Gasteiger partial charge in [0.1, 0.15) is 22.9 Å². The summed E-state index contributed by atoms with van der Waals surface area (Å²) in [6.07, 6.45) is 8.07. The molecule has 0 aromatic carbocycles. The SMILES string of the molecule is CNc1cc(Nc2cccn([C@H]3CC[C@H](OC)CC3)c2=O)nc2c(C(=O)NC3CC[C@@H]3O)cnn12. The number of carbonyl (C=O) groups excluding carboxylic acids is 1. The molecule has 35 heavy (non-hydrogen) atoms. The van der Waals surface area contributed by atoms with Gasteiger partial charge in [-0.1, -0.05) is 0 Å². The number of nitrogens with zero attached hydrogens (tertiary/aromatic N) is 4. The minimum atomic E-state index is -0.524. The normalized spacial score (nSPS) is 24.1. The molecule has 2 atom stereocenters. The van der Waals surface area contributed by atoms with E-state index < -0.39 is 6.10 Å². The van der Waals surface area contributed by atoms with Crippen LogP contribution in [-0.2, 0) is 4.74 Å². The van der Waals surface area contributed by atoms with Crippen molar-refractivity contribution in [1.82, 2.24) is 24.5 Å². The Morgan fingerprint density at radius 2 is 2.00 bits per heavy atom. The Morgan fingerprint density at radius 3 is 2.66 bits per heavy atom. The fraction of sp³-hybridized carbons (Fsp3) is 0.500. The highest BCUT2D eigenvalue weighted by molar-refractivity contribution is 6.00. The number of ether oxygens (including phenoxy) is 1. The number of carbonyl (C=O) groups is 1. The first-order valence-electron chi connectivity index (χ1n) is 12.0. The van der Waals surface area contributed by atoms with E-state index in [9.17, 15) is 14.7 Å². The van der Waals surface area contributed by atoms with Gasteiger partial charge in [0.15, 0.2) is 5.65 Å². The van der Waals surface area contributed by atoms with Crippen LogP contribution in [0, 0.1) is 0 Å². The van der Waals surface area contributed by atoms with E-state index in [0.717, 1.165) is 32.1 Å². The van der Waals surface area contributed by atoms with Gasteiger partial charge in [-0.25, -0.2) is 4.98 Å². The van der Waals surface area contributed by atoms with E-state index in [0.29, 0.717) is 35.0 Å². The van der Waals surface area contributed by atoms with Crippen LogP contribution in [0.2, 0.25) is 0 Å². The lowest BCUT2D eigenvalue weighted by Crippen LogP contribution is -2.50. The number of hydrogen-bond acceptors (Lipinski definition) is 8. The number of rotatable bonds is 7. The molecule has 4 N–H and O–H groups in total. The van der Waals surface area contributed by atoms with E-state index in [1.807, 2.05) is 12.3 Å². The predicted molar refractivity (Wildman–Crippen MR) is 131 cm³/mol. The second-order valence-electron chi connectivity index (χ2n) is 9.22. The van der Waals surface area contributed by atoms with Gasteiger partial charge in [-0.15, -0.1) is 0 Å². The van der Waals surface area contributed by atoms with Gasteiger partial charge in [-0.2, -0.15) is 9.61 Å². The molecule has 0 bridgehead atoms. The molecule has 0 aliphatic heterocycles. The highest BCUT2D eigenvalue weighted by Crippen LogP contribution is 2.29. The third-order valence-corrected chi connectivity index (χ3v) is 7.13. The molecule has 0 radical (unpaired) electrons. The number of anilines is 3. The first-order valence-corrected chi connectivity index (χ1v) is 12.0. The average molecular weight is 482 g/mol. The van der Waals surface area contributed by atoms with Gasteiger partial charge < -0.3 is 30.4 Å². The molecule has 2 fully saturated rings. The summed E-state index contributed by atoms with van der Waals surface area (Å²) in [5.74, 6) is 0.677. The fourth-order valence-electron chi connectivity index (χ4n) is 4.85. The maximum absolute atomic E-state index is 13.3. The minimum absolute atomic E-state index is 0.119. The predicted octanol–water partition coefficient (Wildman–Crippen LogP) is 2.06. The van der Waals surface area contributed by atoms with E-state index in [1.54, 1.807) is 30.9 Å². The highest BCUT2D eigenvalue weighted by Gasteiger charge is 2.31. The molecule has 11 nitrogen and oxygen atoms in total. The summed E-state index contributed by atoms with van der Waals surface area (Å²) in [7, 11) is 3.48. The number of aliphatic hydroxyl groups is 1. The summed E-state index contributed by atoms with van der Waals surface area (Å²) < 4.78 is 8.78.